The average Bonchev–Trinajstić information content (AvgIpc) is 3.34. The first-order chi connectivity index (χ1) is 12.9. The molecule has 4 rings (SSSR count). The number of aromatic nitrogens is 3. The Labute approximate surface area is 165 Å². The third-order valence-electron chi connectivity index (χ3n) is 5.67. The van der Waals surface area contributed by atoms with E-state index in [-0.39, 0.29) is 17.4 Å². The zero-order valence-electron chi connectivity index (χ0n) is 16.5. The second kappa shape index (κ2) is 7.36. The van der Waals surface area contributed by atoms with Gasteiger partial charge in [-0.25, -0.2) is 9.67 Å². The quantitative estimate of drug-likeness (QED) is 0.759. The van der Waals surface area contributed by atoms with Crippen molar-refractivity contribution in [2.75, 3.05) is 25.0 Å². The molecule has 0 bridgehead atoms. The fraction of sp³-hybridized carbons (Fsp3) is 0.650. The fourth-order valence-corrected chi connectivity index (χ4v) is 5.06. The number of rotatable bonds is 6. The van der Waals surface area contributed by atoms with Gasteiger partial charge in [-0.2, -0.15) is 5.10 Å². The molecule has 2 aliphatic rings. The number of nitrogens with zero attached hydrogens (tertiary/aromatic N) is 4. The Morgan fingerprint density at radius 2 is 2.11 bits per heavy atom. The highest BCUT2D eigenvalue weighted by Gasteiger charge is 2.37. The molecule has 0 radical (unpaired) electrons. The van der Waals surface area contributed by atoms with Crippen LogP contribution >= 0.6 is 11.3 Å². The van der Waals surface area contributed by atoms with Crippen LogP contribution in [0, 0.1) is 6.92 Å². The van der Waals surface area contributed by atoms with Gasteiger partial charge in [0, 0.05) is 17.5 Å². The minimum atomic E-state index is -0.154. The van der Waals surface area contributed by atoms with Gasteiger partial charge in [-0.05, 0) is 66.1 Å². The van der Waals surface area contributed by atoms with Crippen molar-refractivity contribution in [3.8, 4) is 0 Å². The van der Waals surface area contributed by atoms with Crippen molar-refractivity contribution in [2.24, 2.45) is 0 Å². The van der Waals surface area contributed by atoms with Crippen molar-refractivity contribution in [2.45, 2.75) is 64.5 Å². The number of aryl methyl sites for hydroxylation is 1. The second-order valence-electron chi connectivity index (χ2n) is 8.42. The summed E-state index contributed by atoms with van der Waals surface area (Å²) >= 11 is 1.72. The number of anilines is 1. The predicted octanol–water partition coefficient (Wildman–Crippen LogP) is 4.00. The molecule has 4 heterocycles. The number of Topliss-reactive ketones (excluding diaryl/α,β-unsaturated/α-hetero) is 1. The summed E-state index contributed by atoms with van der Waals surface area (Å²) in [6.45, 7) is 9.83. The Bertz CT molecular complexity index is 818. The van der Waals surface area contributed by atoms with Crippen molar-refractivity contribution >= 4 is 22.9 Å². The third kappa shape index (κ3) is 3.80. The van der Waals surface area contributed by atoms with Gasteiger partial charge in [0.1, 0.15) is 10.8 Å². The summed E-state index contributed by atoms with van der Waals surface area (Å²) in [5.41, 5.74) is 0.571. The van der Waals surface area contributed by atoms with E-state index in [4.69, 9.17) is 0 Å². The molecule has 2 aromatic rings. The van der Waals surface area contributed by atoms with E-state index in [0.717, 1.165) is 35.8 Å². The topological polar surface area (TPSA) is 63.1 Å². The molecule has 0 spiro atoms. The molecule has 2 aliphatic heterocycles. The normalized spacial score (nSPS) is 21.8. The summed E-state index contributed by atoms with van der Waals surface area (Å²) in [6, 6.07) is 0.124. The summed E-state index contributed by atoms with van der Waals surface area (Å²) in [5, 5.41) is 9.20. The van der Waals surface area contributed by atoms with Crippen molar-refractivity contribution in [3.05, 3.63) is 27.8 Å². The molecular weight excluding hydrogens is 358 g/mol. The lowest BCUT2D eigenvalue weighted by Gasteiger charge is -2.37. The number of thiazole rings is 1. The van der Waals surface area contributed by atoms with Gasteiger partial charge in [-0.1, -0.05) is 0 Å². The van der Waals surface area contributed by atoms with Crippen molar-refractivity contribution < 1.29 is 4.79 Å². The molecule has 146 valence electrons. The maximum atomic E-state index is 12.9. The van der Waals surface area contributed by atoms with E-state index in [1.807, 2.05) is 10.9 Å². The zero-order valence-corrected chi connectivity index (χ0v) is 17.3. The average molecular weight is 388 g/mol. The van der Waals surface area contributed by atoms with Gasteiger partial charge in [0.05, 0.1) is 23.3 Å². The maximum Gasteiger partial charge on any atom is 0.168 e. The minimum Gasteiger partial charge on any atom is -0.360 e. The third-order valence-corrected chi connectivity index (χ3v) is 6.70. The molecule has 0 aromatic carbocycles. The van der Waals surface area contributed by atoms with Gasteiger partial charge >= 0.3 is 0 Å². The number of carbonyl (C=O) groups is 1. The molecule has 0 amide bonds. The highest BCUT2D eigenvalue weighted by Crippen LogP contribution is 2.41. The van der Waals surface area contributed by atoms with Gasteiger partial charge in [0.15, 0.2) is 5.78 Å². The number of hydrogen-bond donors (Lipinski definition) is 1. The van der Waals surface area contributed by atoms with Crippen LogP contribution in [0.25, 0.3) is 0 Å². The number of ketones is 1. The number of likely N-dealkylation sites (tertiary alicyclic amines) is 1. The predicted molar refractivity (Wildman–Crippen MR) is 109 cm³/mol. The van der Waals surface area contributed by atoms with Crippen LogP contribution in [0.2, 0.25) is 0 Å². The van der Waals surface area contributed by atoms with Gasteiger partial charge in [0.2, 0.25) is 0 Å². The molecule has 1 atom stereocenters. The van der Waals surface area contributed by atoms with Crippen LogP contribution in [-0.4, -0.2) is 45.1 Å². The summed E-state index contributed by atoms with van der Waals surface area (Å²) in [7, 11) is 0. The Balaban J connectivity index is 1.49. The first-order valence-electron chi connectivity index (χ1n) is 9.97. The Morgan fingerprint density at radius 1 is 1.33 bits per heavy atom. The van der Waals surface area contributed by atoms with Crippen molar-refractivity contribution in [1.29, 1.82) is 0 Å². The molecular formula is C20H29N5OS. The summed E-state index contributed by atoms with van der Waals surface area (Å²) in [6.07, 6.45) is 8.66. The fourth-order valence-electron chi connectivity index (χ4n) is 4.24. The Morgan fingerprint density at radius 3 is 2.81 bits per heavy atom. The molecule has 6 nitrogen and oxygen atoms in total. The van der Waals surface area contributed by atoms with Crippen LogP contribution in [0.5, 0.6) is 0 Å². The van der Waals surface area contributed by atoms with Crippen molar-refractivity contribution in [3.63, 3.8) is 0 Å². The summed E-state index contributed by atoms with van der Waals surface area (Å²) in [5.74, 6) is 1.05. The Kier molecular flexibility index (Phi) is 5.07. The molecule has 2 aromatic heterocycles. The molecule has 0 aliphatic carbocycles. The smallest absolute Gasteiger partial charge is 0.168 e. The van der Waals surface area contributed by atoms with Crippen molar-refractivity contribution in [1.82, 2.24) is 19.7 Å². The summed E-state index contributed by atoms with van der Waals surface area (Å²) in [4.78, 5) is 21.1. The van der Waals surface area contributed by atoms with Gasteiger partial charge in [-0.15, -0.1) is 11.3 Å². The number of hydrogen-bond acceptors (Lipinski definition) is 6. The zero-order chi connectivity index (χ0) is 19.0. The number of carbonyl (C=O) groups excluding carboxylic acids is 1. The van der Waals surface area contributed by atoms with Crippen LogP contribution in [0.3, 0.4) is 0 Å². The highest BCUT2D eigenvalue weighted by molar-refractivity contribution is 7.11. The largest absolute Gasteiger partial charge is 0.360 e. The van der Waals surface area contributed by atoms with E-state index in [0.29, 0.717) is 6.42 Å². The second-order valence-corrected chi connectivity index (χ2v) is 9.68. The standard InChI is InChI=1S/C20H29N5OS/c1-14-12-21-19(27-14)16-11-20(2,3)25-18(23-16)15(13-22-25)17(26)7-6-10-24-8-4-5-9-24/h12-13,16,23H,4-11H2,1-3H3. The minimum absolute atomic E-state index is 0.124. The van der Waals surface area contributed by atoms with Crippen LogP contribution in [0.4, 0.5) is 5.82 Å². The van der Waals surface area contributed by atoms with E-state index < -0.39 is 0 Å². The van der Waals surface area contributed by atoms with Gasteiger partial charge in [0.25, 0.3) is 0 Å². The molecule has 1 N–H and O–H groups in total. The monoisotopic (exact) mass is 387 g/mol. The highest BCUT2D eigenvalue weighted by atomic mass is 32.1. The van der Waals surface area contributed by atoms with Crippen LogP contribution < -0.4 is 5.32 Å². The molecule has 27 heavy (non-hydrogen) atoms. The van der Waals surface area contributed by atoms with E-state index in [1.165, 1.54) is 30.8 Å². The number of nitrogens with one attached hydrogen (secondary N) is 1. The molecule has 1 unspecified atom stereocenters. The number of fused-ring (bicyclic) bond motifs is 1. The van der Waals surface area contributed by atoms with E-state index in [1.54, 1.807) is 17.5 Å². The van der Waals surface area contributed by atoms with E-state index in [2.05, 4.69) is 41.1 Å². The van der Waals surface area contributed by atoms with Gasteiger partial charge in [-0.3, -0.25) is 4.79 Å². The van der Waals surface area contributed by atoms with E-state index in [9.17, 15) is 4.79 Å². The maximum absolute atomic E-state index is 12.9. The molecule has 0 saturated carbocycles. The lowest BCUT2D eigenvalue weighted by molar-refractivity contribution is 0.0976. The molecule has 1 saturated heterocycles. The first kappa shape index (κ1) is 18.6. The summed E-state index contributed by atoms with van der Waals surface area (Å²) < 4.78 is 1.98. The molecule has 7 heteroatoms. The lowest BCUT2D eigenvalue weighted by atomic mass is 9.92. The first-order valence-corrected chi connectivity index (χ1v) is 10.8. The Hall–Kier alpha value is -1.73. The van der Waals surface area contributed by atoms with Gasteiger partial charge < -0.3 is 10.2 Å². The van der Waals surface area contributed by atoms with Crippen LogP contribution in [-0.2, 0) is 5.54 Å². The van der Waals surface area contributed by atoms with Crippen LogP contribution in [0.1, 0.15) is 72.2 Å². The lowest BCUT2D eigenvalue weighted by Crippen LogP contribution is -2.38. The molecule has 1 fully saturated rings. The SMILES string of the molecule is Cc1cnc(C2CC(C)(C)n3ncc(C(=O)CCCN4CCCC4)c3N2)s1. The van der Waals surface area contributed by atoms with E-state index >= 15 is 0 Å². The van der Waals surface area contributed by atoms with Crippen LogP contribution in [0.15, 0.2) is 12.4 Å².